The largest absolute Gasteiger partial charge is 0.425 e. The molecule has 3 nitrogen and oxygen atoms in total. The summed E-state index contributed by atoms with van der Waals surface area (Å²) in [6.07, 6.45) is 1.04. The molecule has 1 aromatic heterocycles. The first-order valence-electron chi connectivity index (χ1n) is 7.47. The van der Waals surface area contributed by atoms with Crippen molar-refractivity contribution in [3.05, 3.63) is 69.0 Å². The molecule has 0 aliphatic heterocycles. The molecule has 0 fully saturated rings. The maximum atomic E-state index is 13.5. The molecule has 2 aromatic carbocycles. The Labute approximate surface area is 138 Å². The van der Waals surface area contributed by atoms with E-state index in [1.165, 1.54) is 28.3 Å². The molecule has 1 unspecified atom stereocenters. The highest BCUT2D eigenvalue weighted by Crippen LogP contribution is 2.21. The highest BCUT2D eigenvalue weighted by molar-refractivity contribution is 7.71. The normalized spacial score (nSPS) is 12.5. The lowest BCUT2D eigenvalue weighted by molar-refractivity contribution is 0.505. The van der Waals surface area contributed by atoms with E-state index >= 15 is 0 Å². The van der Waals surface area contributed by atoms with Crippen LogP contribution in [0.25, 0.3) is 16.7 Å². The Morgan fingerprint density at radius 3 is 2.57 bits per heavy atom. The summed E-state index contributed by atoms with van der Waals surface area (Å²) >= 11 is 5.37. The van der Waals surface area contributed by atoms with E-state index in [9.17, 15) is 9.18 Å². The number of nitrogens with zero attached hydrogens (tertiary/aromatic N) is 1. The van der Waals surface area contributed by atoms with E-state index in [-0.39, 0.29) is 10.2 Å². The number of hydrogen-bond donors (Lipinski definition) is 0. The number of aromatic nitrogens is 1. The number of benzene rings is 2. The molecule has 118 valence electrons. The molecule has 0 N–H and O–H groups in total. The fraction of sp³-hybridized carbons (Fsp3) is 0.222. The average molecular weight is 329 g/mol. The van der Waals surface area contributed by atoms with Crippen molar-refractivity contribution in [1.82, 2.24) is 4.57 Å². The van der Waals surface area contributed by atoms with E-state index in [2.05, 4.69) is 13.8 Å². The van der Waals surface area contributed by atoms with Gasteiger partial charge in [-0.05, 0) is 48.2 Å². The van der Waals surface area contributed by atoms with E-state index in [0.29, 0.717) is 17.0 Å². The maximum Gasteiger partial charge on any atom is 0.425 e. The van der Waals surface area contributed by atoms with Gasteiger partial charge in [0.05, 0.1) is 11.1 Å². The molecule has 0 radical (unpaired) electrons. The van der Waals surface area contributed by atoms with Crippen molar-refractivity contribution in [1.29, 1.82) is 0 Å². The first-order chi connectivity index (χ1) is 11.0. The van der Waals surface area contributed by atoms with Crippen LogP contribution in [0.5, 0.6) is 0 Å². The third-order valence-electron chi connectivity index (χ3n) is 4.09. The number of fused-ring (bicyclic) bond motifs is 1. The Morgan fingerprint density at radius 2 is 1.91 bits per heavy atom. The van der Waals surface area contributed by atoms with Gasteiger partial charge in [-0.1, -0.05) is 38.2 Å². The van der Waals surface area contributed by atoms with Crippen LogP contribution >= 0.6 is 12.2 Å². The van der Waals surface area contributed by atoms with Crippen LogP contribution in [-0.4, -0.2) is 4.57 Å². The maximum absolute atomic E-state index is 13.5. The number of rotatable bonds is 3. The van der Waals surface area contributed by atoms with Crippen molar-refractivity contribution in [2.24, 2.45) is 0 Å². The van der Waals surface area contributed by atoms with Gasteiger partial charge in [0.2, 0.25) is 0 Å². The molecule has 0 amide bonds. The minimum Gasteiger partial charge on any atom is -0.409 e. The van der Waals surface area contributed by atoms with Crippen LogP contribution in [0.15, 0.2) is 51.7 Å². The first kappa shape index (κ1) is 15.6. The fourth-order valence-electron chi connectivity index (χ4n) is 2.51. The molecule has 0 saturated heterocycles. The molecule has 0 saturated carbocycles. The van der Waals surface area contributed by atoms with Gasteiger partial charge in [-0.3, -0.25) is 0 Å². The summed E-state index contributed by atoms with van der Waals surface area (Å²) in [5.74, 6) is -0.555. The third-order valence-corrected chi connectivity index (χ3v) is 4.49. The Morgan fingerprint density at radius 1 is 1.22 bits per heavy atom. The topological polar surface area (TPSA) is 35.1 Å². The van der Waals surface area contributed by atoms with E-state index in [1.807, 2.05) is 24.3 Å². The Balaban J connectivity index is 2.20. The van der Waals surface area contributed by atoms with Gasteiger partial charge in [0.15, 0.2) is 0 Å². The molecule has 1 atom stereocenters. The van der Waals surface area contributed by atoms with E-state index in [4.69, 9.17) is 16.6 Å². The van der Waals surface area contributed by atoms with Crippen LogP contribution in [0.1, 0.15) is 31.7 Å². The molecule has 5 heteroatoms. The second kappa shape index (κ2) is 6.08. The minimum atomic E-state index is -0.578. The molecular formula is C18H16FNO2S. The summed E-state index contributed by atoms with van der Waals surface area (Å²) < 4.78 is 20.2. The van der Waals surface area contributed by atoms with Gasteiger partial charge < -0.3 is 4.42 Å². The molecular weight excluding hydrogens is 313 g/mol. The average Bonchev–Trinajstić information content (AvgIpc) is 2.55. The first-order valence-corrected chi connectivity index (χ1v) is 7.88. The van der Waals surface area contributed by atoms with Crippen LogP contribution in [-0.2, 0) is 0 Å². The van der Waals surface area contributed by atoms with Gasteiger partial charge in [0.25, 0.3) is 0 Å². The molecule has 0 spiro atoms. The lowest BCUT2D eigenvalue weighted by atomic mass is 9.99. The smallest absolute Gasteiger partial charge is 0.409 e. The van der Waals surface area contributed by atoms with Crippen molar-refractivity contribution in [3.8, 4) is 5.69 Å². The molecule has 0 bridgehead atoms. The lowest BCUT2D eigenvalue weighted by Crippen LogP contribution is -2.18. The van der Waals surface area contributed by atoms with Gasteiger partial charge in [-0.25, -0.2) is 13.8 Å². The van der Waals surface area contributed by atoms with E-state index in [0.717, 1.165) is 6.42 Å². The van der Waals surface area contributed by atoms with Gasteiger partial charge >= 0.3 is 5.76 Å². The number of hydrogen-bond acceptors (Lipinski definition) is 3. The summed E-state index contributed by atoms with van der Waals surface area (Å²) in [6, 6.07) is 11.5. The summed E-state index contributed by atoms with van der Waals surface area (Å²) in [5.41, 5.74) is 2.09. The lowest BCUT2D eigenvalue weighted by Gasteiger charge is -2.11. The summed E-state index contributed by atoms with van der Waals surface area (Å²) in [6.45, 7) is 4.27. The molecule has 3 aromatic rings. The van der Waals surface area contributed by atoms with Crippen molar-refractivity contribution in [2.75, 3.05) is 0 Å². The summed E-state index contributed by atoms with van der Waals surface area (Å²) in [5, 5.41) is 0.408. The predicted octanol–water partition coefficient (Wildman–Crippen LogP) is 4.97. The van der Waals surface area contributed by atoms with Gasteiger partial charge in [-0.2, -0.15) is 0 Å². The highest BCUT2D eigenvalue weighted by atomic mass is 32.1. The molecule has 1 heterocycles. The summed E-state index contributed by atoms with van der Waals surface area (Å²) in [7, 11) is 0. The van der Waals surface area contributed by atoms with E-state index < -0.39 is 11.6 Å². The monoisotopic (exact) mass is 329 g/mol. The Hall–Kier alpha value is -2.27. The Bertz CT molecular complexity index is 973. The third kappa shape index (κ3) is 2.84. The molecule has 0 aliphatic carbocycles. The SMILES string of the molecule is CCC(C)c1ccc(-n2c(=O)oc3ccc(F)cc3c2=S)cc1. The van der Waals surface area contributed by atoms with Crippen LogP contribution in [0.2, 0.25) is 0 Å². The Kier molecular flexibility index (Phi) is 4.13. The zero-order valence-electron chi connectivity index (χ0n) is 12.9. The molecule has 23 heavy (non-hydrogen) atoms. The second-order valence-electron chi connectivity index (χ2n) is 5.55. The zero-order chi connectivity index (χ0) is 16.6. The quantitative estimate of drug-likeness (QED) is 0.637. The van der Waals surface area contributed by atoms with Gasteiger partial charge in [0, 0.05) is 0 Å². The van der Waals surface area contributed by atoms with Crippen molar-refractivity contribution >= 4 is 23.2 Å². The minimum absolute atomic E-state index is 0.243. The van der Waals surface area contributed by atoms with Crippen LogP contribution in [0.3, 0.4) is 0 Å². The number of halogens is 1. The van der Waals surface area contributed by atoms with Crippen molar-refractivity contribution < 1.29 is 8.81 Å². The van der Waals surface area contributed by atoms with Crippen molar-refractivity contribution in [2.45, 2.75) is 26.2 Å². The summed E-state index contributed by atoms with van der Waals surface area (Å²) in [4.78, 5) is 12.3. The van der Waals surface area contributed by atoms with Gasteiger partial charge in [0.1, 0.15) is 16.0 Å². The molecule has 3 rings (SSSR count). The van der Waals surface area contributed by atoms with Crippen LogP contribution in [0.4, 0.5) is 4.39 Å². The highest BCUT2D eigenvalue weighted by Gasteiger charge is 2.10. The standard InChI is InChI=1S/C18H16FNO2S/c1-3-11(2)12-4-7-14(8-5-12)20-17(23)15-10-13(19)6-9-16(15)22-18(20)21/h4-11H,3H2,1-2H3. The van der Waals surface area contributed by atoms with Gasteiger partial charge in [-0.15, -0.1) is 0 Å². The van der Waals surface area contributed by atoms with Crippen LogP contribution < -0.4 is 5.76 Å². The van der Waals surface area contributed by atoms with Crippen LogP contribution in [0, 0.1) is 10.5 Å². The van der Waals surface area contributed by atoms with Crippen molar-refractivity contribution in [3.63, 3.8) is 0 Å². The van der Waals surface area contributed by atoms with E-state index in [1.54, 1.807) is 0 Å². The fourth-order valence-corrected chi connectivity index (χ4v) is 2.85. The predicted molar refractivity (Wildman–Crippen MR) is 91.3 cm³/mol. The zero-order valence-corrected chi connectivity index (χ0v) is 13.7. The second-order valence-corrected chi connectivity index (χ2v) is 5.94. The molecule has 0 aliphatic rings.